The lowest BCUT2D eigenvalue weighted by Crippen LogP contribution is -2.30. The predicted octanol–water partition coefficient (Wildman–Crippen LogP) is 2.70. The number of nitrogens with one attached hydrogen (secondary N) is 1. The Balaban J connectivity index is 2.27. The Morgan fingerprint density at radius 2 is 2.25 bits per heavy atom. The smallest absolute Gasteiger partial charge is 0.0441 e. The van der Waals surface area contributed by atoms with Gasteiger partial charge in [0.15, 0.2) is 0 Å². The molecule has 2 heteroatoms. The minimum Gasteiger partial charge on any atom is -0.370 e. The van der Waals surface area contributed by atoms with Gasteiger partial charge in [0.1, 0.15) is 0 Å². The zero-order chi connectivity index (χ0) is 11.4. The normalized spacial score (nSPS) is 15.8. The second kappa shape index (κ2) is 5.35. The van der Waals surface area contributed by atoms with Gasteiger partial charge in [-0.15, -0.1) is 0 Å². The number of anilines is 1. The van der Waals surface area contributed by atoms with Gasteiger partial charge in [-0.1, -0.05) is 31.5 Å². The molecule has 88 valence electrons. The van der Waals surface area contributed by atoms with Crippen molar-refractivity contribution in [3.05, 3.63) is 29.3 Å². The van der Waals surface area contributed by atoms with E-state index < -0.39 is 0 Å². The van der Waals surface area contributed by atoms with Gasteiger partial charge < -0.3 is 10.2 Å². The number of aryl methyl sites for hydroxylation is 1. The molecule has 1 aromatic rings. The Bertz CT molecular complexity index is 347. The molecule has 0 unspecified atom stereocenters. The van der Waals surface area contributed by atoms with Gasteiger partial charge in [0, 0.05) is 31.9 Å². The summed E-state index contributed by atoms with van der Waals surface area (Å²) in [6.07, 6.45) is 2.55. The van der Waals surface area contributed by atoms with Crippen molar-refractivity contribution < 1.29 is 0 Å². The summed E-state index contributed by atoms with van der Waals surface area (Å²) >= 11 is 0. The van der Waals surface area contributed by atoms with Crippen molar-refractivity contribution in [2.45, 2.75) is 33.2 Å². The average molecular weight is 218 g/mol. The van der Waals surface area contributed by atoms with E-state index in [1.165, 1.54) is 36.2 Å². The standard InChI is InChI=1S/C14H22N2/c1-3-4-9-16-10-8-15-11-13-7-5-6-12(2)14(13)16/h5-7,15H,3-4,8-11H2,1-2H3. The Morgan fingerprint density at radius 3 is 3.06 bits per heavy atom. The number of hydrogen-bond donors (Lipinski definition) is 1. The zero-order valence-corrected chi connectivity index (χ0v) is 10.4. The molecule has 1 aliphatic heterocycles. The number of fused-ring (bicyclic) bond motifs is 1. The first-order valence-electron chi connectivity index (χ1n) is 6.37. The van der Waals surface area contributed by atoms with Crippen LogP contribution in [-0.4, -0.2) is 19.6 Å². The van der Waals surface area contributed by atoms with E-state index in [0.29, 0.717) is 0 Å². The van der Waals surface area contributed by atoms with Crippen LogP contribution >= 0.6 is 0 Å². The molecule has 2 nitrogen and oxygen atoms in total. The average Bonchev–Trinajstić information content (AvgIpc) is 2.49. The fourth-order valence-electron chi connectivity index (χ4n) is 2.44. The zero-order valence-electron chi connectivity index (χ0n) is 10.4. The maximum absolute atomic E-state index is 3.50. The first-order valence-corrected chi connectivity index (χ1v) is 6.37. The quantitative estimate of drug-likeness (QED) is 0.839. The molecule has 0 fully saturated rings. The predicted molar refractivity (Wildman–Crippen MR) is 70.0 cm³/mol. The maximum atomic E-state index is 3.50. The number of hydrogen-bond acceptors (Lipinski definition) is 2. The Hall–Kier alpha value is -1.02. The van der Waals surface area contributed by atoms with E-state index in [4.69, 9.17) is 0 Å². The summed E-state index contributed by atoms with van der Waals surface area (Å²) in [6.45, 7) is 8.92. The van der Waals surface area contributed by atoms with Crippen LogP contribution in [0.2, 0.25) is 0 Å². The van der Waals surface area contributed by atoms with Crippen LogP contribution in [0.5, 0.6) is 0 Å². The summed E-state index contributed by atoms with van der Waals surface area (Å²) in [5.74, 6) is 0. The molecule has 1 aliphatic rings. The van der Waals surface area contributed by atoms with E-state index in [0.717, 1.165) is 19.6 Å². The number of nitrogens with zero attached hydrogens (tertiary/aromatic N) is 1. The third-order valence-corrected chi connectivity index (χ3v) is 3.29. The number of para-hydroxylation sites is 1. The molecule has 1 N–H and O–H groups in total. The largest absolute Gasteiger partial charge is 0.370 e. The van der Waals surface area contributed by atoms with E-state index in [2.05, 4.69) is 42.3 Å². The topological polar surface area (TPSA) is 15.3 Å². The van der Waals surface area contributed by atoms with Crippen molar-refractivity contribution in [1.29, 1.82) is 0 Å². The summed E-state index contributed by atoms with van der Waals surface area (Å²) < 4.78 is 0. The van der Waals surface area contributed by atoms with E-state index in [1.54, 1.807) is 0 Å². The summed E-state index contributed by atoms with van der Waals surface area (Å²) in [4.78, 5) is 2.55. The van der Waals surface area contributed by atoms with Crippen LogP contribution in [0.25, 0.3) is 0 Å². The van der Waals surface area contributed by atoms with E-state index in [9.17, 15) is 0 Å². The summed E-state index contributed by atoms with van der Waals surface area (Å²) in [5, 5.41) is 3.50. The lowest BCUT2D eigenvalue weighted by atomic mass is 10.1. The van der Waals surface area contributed by atoms with Gasteiger partial charge in [-0.3, -0.25) is 0 Å². The van der Waals surface area contributed by atoms with Crippen LogP contribution in [0, 0.1) is 6.92 Å². The highest BCUT2D eigenvalue weighted by atomic mass is 15.2. The molecule has 1 aromatic carbocycles. The number of rotatable bonds is 3. The van der Waals surface area contributed by atoms with Gasteiger partial charge in [-0.2, -0.15) is 0 Å². The molecule has 0 aromatic heterocycles. The second-order valence-corrected chi connectivity index (χ2v) is 4.60. The maximum Gasteiger partial charge on any atom is 0.0441 e. The summed E-state index contributed by atoms with van der Waals surface area (Å²) in [7, 11) is 0. The van der Waals surface area contributed by atoms with Crippen molar-refractivity contribution >= 4 is 5.69 Å². The lowest BCUT2D eigenvalue weighted by Gasteiger charge is -2.26. The van der Waals surface area contributed by atoms with Crippen LogP contribution in [0.15, 0.2) is 18.2 Å². The van der Waals surface area contributed by atoms with Crippen LogP contribution < -0.4 is 10.2 Å². The molecule has 0 atom stereocenters. The van der Waals surface area contributed by atoms with Crippen LogP contribution in [0.4, 0.5) is 5.69 Å². The number of unbranched alkanes of at least 4 members (excludes halogenated alkanes) is 1. The Labute approximate surface area is 98.7 Å². The van der Waals surface area contributed by atoms with E-state index in [-0.39, 0.29) is 0 Å². The molecule has 0 saturated heterocycles. The van der Waals surface area contributed by atoms with Crippen molar-refractivity contribution in [1.82, 2.24) is 5.32 Å². The summed E-state index contributed by atoms with van der Waals surface area (Å²) in [6, 6.07) is 6.64. The van der Waals surface area contributed by atoms with Gasteiger partial charge in [-0.05, 0) is 24.5 Å². The van der Waals surface area contributed by atoms with Gasteiger partial charge >= 0.3 is 0 Å². The van der Waals surface area contributed by atoms with Gasteiger partial charge in [0.05, 0.1) is 0 Å². The van der Waals surface area contributed by atoms with Crippen molar-refractivity contribution in [2.75, 3.05) is 24.5 Å². The second-order valence-electron chi connectivity index (χ2n) is 4.60. The SMILES string of the molecule is CCCCN1CCNCc2cccc(C)c21. The molecular formula is C14H22N2. The van der Waals surface area contributed by atoms with Gasteiger partial charge in [0.2, 0.25) is 0 Å². The Kier molecular flexibility index (Phi) is 3.83. The molecule has 0 amide bonds. The van der Waals surface area contributed by atoms with Crippen LogP contribution in [0.1, 0.15) is 30.9 Å². The molecule has 1 heterocycles. The van der Waals surface area contributed by atoms with E-state index >= 15 is 0 Å². The molecule has 0 spiro atoms. The third kappa shape index (κ3) is 2.38. The first-order chi connectivity index (χ1) is 7.83. The molecule has 0 radical (unpaired) electrons. The Morgan fingerprint density at radius 1 is 1.38 bits per heavy atom. The van der Waals surface area contributed by atoms with Gasteiger partial charge in [0.25, 0.3) is 0 Å². The molecule has 2 rings (SSSR count). The minimum atomic E-state index is 1.01. The fourth-order valence-corrected chi connectivity index (χ4v) is 2.44. The minimum absolute atomic E-state index is 1.01. The van der Waals surface area contributed by atoms with Crippen molar-refractivity contribution in [3.8, 4) is 0 Å². The molecule has 16 heavy (non-hydrogen) atoms. The van der Waals surface area contributed by atoms with Crippen LogP contribution in [-0.2, 0) is 6.54 Å². The first kappa shape index (κ1) is 11.5. The van der Waals surface area contributed by atoms with Crippen LogP contribution in [0.3, 0.4) is 0 Å². The van der Waals surface area contributed by atoms with E-state index in [1.807, 2.05) is 0 Å². The fraction of sp³-hybridized carbons (Fsp3) is 0.571. The molecule has 0 aliphatic carbocycles. The highest BCUT2D eigenvalue weighted by Crippen LogP contribution is 2.26. The monoisotopic (exact) mass is 218 g/mol. The molecule has 0 bridgehead atoms. The molecule has 0 saturated carbocycles. The highest BCUT2D eigenvalue weighted by Gasteiger charge is 2.15. The highest BCUT2D eigenvalue weighted by molar-refractivity contribution is 5.60. The van der Waals surface area contributed by atoms with Gasteiger partial charge in [-0.25, -0.2) is 0 Å². The van der Waals surface area contributed by atoms with Crippen molar-refractivity contribution in [2.24, 2.45) is 0 Å². The summed E-state index contributed by atoms with van der Waals surface area (Å²) in [5.41, 5.74) is 4.34. The third-order valence-electron chi connectivity index (χ3n) is 3.29. The van der Waals surface area contributed by atoms with Crippen molar-refractivity contribution in [3.63, 3.8) is 0 Å². The molecular weight excluding hydrogens is 196 g/mol. The lowest BCUT2D eigenvalue weighted by molar-refractivity contribution is 0.669. The number of benzene rings is 1.